The smallest absolute Gasteiger partial charge is 0.256 e. The van der Waals surface area contributed by atoms with Gasteiger partial charge in [-0.25, -0.2) is 0 Å². The predicted octanol–water partition coefficient (Wildman–Crippen LogP) is 2.19. The summed E-state index contributed by atoms with van der Waals surface area (Å²) in [5.41, 5.74) is 0.591. The number of carbonyl (C=O) groups is 1. The minimum atomic E-state index is -0.205. The Morgan fingerprint density at radius 1 is 1.36 bits per heavy atom. The molecule has 14 heavy (non-hydrogen) atoms. The summed E-state index contributed by atoms with van der Waals surface area (Å²) >= 11 is 0. The van der Waals surface area contributed by atoms with E-state index in [9.17, 15) is 4.79 Å². The molecule has 0 aromatic heterocycles. The first-order valence-corrected chi connectivity index (χ1v) is 4.68. The number of carbonyl (C=O) groups excluding carboxylic acids is 1. The largest absolute Gasteiger partial charge is 0.311 e. The van der Waals surface area contributed by atoms with E-state index in [1.54, 1.807) is 24.3 Å². The number of benzene rings is 1. The summed E-state index contributed by atoms with van der Waals surface area (Å²) in [5.74, 6) is 0.0744. The van der Waals surface area contributed by atoms with E-state index in [0.717, 1.165) is 6.42 Å². The molecule has 0 atom stereocenters. The van der Waals surface area contributed by atoms with Crippen molar-refractivity contribution in [2.75, 3.05) is 0 Å². The van der Waals surface area contributed by atoms with Crippen molar-refractivity contribution in [2.45, 2.75) is 19.8 Å². The zero-order valence-electron chi connectivity index (χ0n) is 8.21. The van der Waals surface area contributed by atoms with Gasteiger partial charge >= 0.3 is 0 Å². The maximum Gasteiger partial charge on any atom is 0.256 e. The molecule has 0 radical (unpaired) electrons. The highest BCUT2D eigenvalue weighted by atomic mass is 16.1. The average molecular weight is 190 g/mol. The first kappa shape index (κ1) is 10.4. The summed E-state index contributed by atoms with van der Waals surface area (Å²) in [4.78, 5) is 11.5. The lowest BCUT2D eigenvalue weighted by Crippen LogP contribution is -2.29. The van der Waals surface area contributed by atoms with Crippen LogP contribution in [0.2, 0.25) is 0 Å². The van der Waals surface area contributed by atoms with Crippen molar-refractivity contribution in [2.24, 2.45) is 0 Å². The molecular weight excluding hydrogens is 176 g/mol. The van der Waals surface area contributed by atoms with Crippen LogP contribution in [0.25, 0.3) is 0 Å². The maximum absolute atomic E-state index is 11.5. The Labute approximate surface area is 83.7 Å². The van der Waals surface area contributed by atoms with E-state index in [-0.39, 0.29) is 11.7 Å². The second-order valence-electron chi connectivity index (χ2n) is 3.05. The van der Waals surface area contributed by atoms with Crippen molar-refractivity contribution in [3.8, 4) is 0 Å². The molecule has 1 aromatic rings. The summed E-state index contributed by atoms with van der Waals surface area (Å²) in [7, 11) is 0. The third-order valence-electron chi connectivity index (χ3n) is 1.80. The Morgan fingerprint density at radius 2 is 2.00 bits per heavy atom. The van der Waals surface area contributed by atoms with Crippen molar-refractivity contribution in [3.63, 3.8) is 0 Å². The van der Waals surface area contributed by atoms with Crippen LogP contribution in [0.4, 0.5) is 0 Å². The summed E-state index contributed by atoms with van der Waals surface area (Å²) in [6.07, 6.45) is 1.48. The van der Waals surface area contributed by atoms with Gasteiger partial charge < -0.3 is 5.32 Å². The van der Waals surface area contributed by atoms with Crippen LogP contribution in [0.1, 0.15) is 30.1 Å². The zero-order valence-corrected chi connectivity index (χ0v) is 8.21. The van der Waals surface area contributed by atoms with E-state index in [1.807, 2.05) is 13.0 Å². The van der Waals surface area contributed by atoms with Crippen molar-refractivity contribution in [1.29, 1.82) is 5.41 Å². The number of amides is 1. The average Bonchev–Trinajstić information content (AvgIpc) is 2.19. The summed E-state index contributed by atoms with van der Waals surface area (Å²) in [6, 6.07) is 8.92. The number of nitrogens with one attached hydrogen (secondary N) is 2. The monoisotopic (exact) mass is 190 g/mol. The number of hydrogen-bond acceptors (Lipinski definition) is 2. The second-order valence-corrected chi connectivity index (χ2v) is 3.05. The molecule has 0 heterocycles. The molecule has 0 saturated carbocycles. The van der Waals surface area contributed by atoms with Crippen molar-refractivity contribution < 1.29 is 4.79 Å². The fourth-order valence-corrected chi connectivity index (χ4v) is 1.11. The Hall–Kier alpha value is -1.64. The second kappa shape index (κ2) is 5.17. The molecule has 1 amide bonds. The molecule has 3 heteroatoms. The number of amidine groups is 1. The third kappa shape index (κ3) is 3.01. The number of hydrogen-bond donors (Lipinski definition) is 2. The number of rotatable bonds is 3. The summed E-state index contributed by atoms with van der Waals surface area (Å²) in [6.45, 7) is 1.98. The molecule has 0 aliphatic rings. The van der Waals surface area contributed by atoms with Gasteiger partial charge in [-0.3, -0.25) is 10.2 Å². The van der Waals surface area contributed by atoms with Gasteiger partial charge in [-0.2, -0.15) is 0 Å². The normalized spacial score (nSPS) is 9.50. The van der Waals surface area contributed by atoms with Gasteiger partial charge in [0, 0.05) is 12.0 Å². The molecule has 1 rings (SSSR count). The first-order chi connectivity index (χ1) is 6.74. The van der Waals surface area contributed by atoms with Crippen LogP contribution in [0, 0.1) is 5.41 Å². The van der Waals surface area contributed by atoms with Crippen LogP contribution in [0.15, 0.2) is 30.3 Å². The molecular formula is C11H14N2O. The van der Waals surface area contributed by atoms with Crippen molar-refractivity contribution in [1.82, 2.24) is 5.32 Å². The molecule has 0 saturated heterocycles. The fraction of sp³-hybridized carbons (Fsp3) is 0.273. The van der Waals surface area contributed by atoms with E-state index in [2.05, 4.69) is 5.32 Å². The standard InChI is InChI=1S/C11H14N2O/c1-2-6-10(12)13-11(14)9-7-4-3-5-8-9/h3-5,7-8H,2,6H2,1H3,(H2,12,13,14). The van der Waals surface area contributed by atoms with Crippen LogP contribution < -0.4 is 5.32 Å². The molecule has 0 bridgehead atoms. The van der Waals surface area contributed by atoms with Gasteiger partial charge in [-0.1, -0.05) is 25.1 Å². The van der Waals surface area contributed by atoms with Gasteiger partial charge in [0.25, 0.3) is 5.91 Å². The highest BCUT2D eigenvalue weighted by molar-refractivity contribution is 6.05. The molecule has 0 fully saturated rings. The summed E-state index contributed by atoms with van der Waals surface area (Å²) in [5, 5.41) is 9.98. The molecule has 1 aromatic carbocycles. The Morgan fingerprint density at radius 3 is 2.57 bits per heavy atom. The lowest BCUT2D eigenvalue weighted by Gasteiger charge is -2.04. The lowest BCUT2D eigenvalue weighted by molar-refractivity contribution is 0.0976. The first-order valence-electron chi connectivity index (χ1n) is 4.68. The Balaban J connectivity index is 2.55. The van der Waals surface area contributed by atoms with E-state index >= 15 is 0 Å². The molecule has 3 nitrogen and oxygen atoms in total. The Kier molecular flexibility index (Phi) is 3.85. The topological polar surface area (TPSA) is 53.0 Å². The van der Waals surface area contributed by atoms with E-state index in [4.69, 9.17) is 5.41 Å². The SMILES string of the molecule is CCCC(=N)NC(=O)c1ccccc1. The third-order valence-corrected chi connectivity index (χ3v) is 1.80. The van der Waals surface area contributed by atoms with E-state index in [1.165, 1.54) is 0 Å². The van der Waals surface area contributed by atoms with Crippen LogP contribution in [-0.4, -0.2) is 11.7 Å². The lowest BCUT2D eigenvalue weighted by atomic mass is 10.2. The van der Waals surface area contributed by atoms with Gasteiger partial charge in [-0.15, -0.1) is 0 Å². The maximum atomic E-state index is 11.5. The van der Waals surface area contributed by atoms with Gasteiger partial charge in [0.15, 0.2) is 0 Å². The van der Waals surface area contributed by atoms with Crippen LogP contribution >= 0.6 is 0 Å². The zero-order chi connectivity index (χ0) is 10.4. The Bertz CT molecular complexity index is 319. The highest BCUT2D eigenvalue weighted by Gasteiger charge is 2.05. The van der Waals surface area contributed by atoms with E-state index < -0.39 is 0 Å². The van der Waals surface area contributed by atoms with Crippen LogP contribution in [-0.2, 0) is 0 Å². The molecule has 0 unspecified atom stereocenters. The fourth-order valence-electron chi connectivity index (χ4n) is 1.11. The van der Waals surface area contributed by atoms with Crippen molar-refractivity contribution in [3.05, 3.63) is 35.9 Å². The molecule has 0 spiro atoms. The van der Waals surface area contributed by atoms with Gasteiger partial charge in [0.2, 0.25) is 0 Å². The quantitative estimate of drug-likeness (QED) is 0.557. The minimum absolute atomic E-state index is 0.205. The van der Waals surface area contributed by atoms with Crippen molar-refractivity contribution >= 4 is 11.7 Å². The highest BCUT2D eigenvalue weighted by Crippen LogP contribution is 1.98. The predicted molar refractivity (Wildman–Crippen MR) is 56.5 cm³/mol. The van der Waals surface area contributed by atoms with E-state index in [0.29, 0.717) is 12.0 Å². The van der Waals surface area contributed by atoms with Gasteiger partial charge in [0.05, 0.1) is 5.84 Å². The van der Waals surface area contributed by atoms with Gasteiger partial charge in [0.1, 0.15) is 0 Å². The summed E-state index contributed by atoms with van der Waals surface area (Å²) < 4.78 is 0. The van der Waals surface area contributed by atoms with Gasteiger partial charge in [-0.05, 0) is 18.6 Å². The molecule has 0 aliphatic heterocycles. The molecule has 74 valence electrons. The van der Waals surface area contributed by atoms with Crippen LogP contribution in [0.3, 0.4) is 0 Å². The minimum Gasteiger partial charge on any atom is -0.311 e. The molecule has 2 N–H and O–H groups in total. The molecule has 0 aliphatic carbocycles. The van der Waals surface area contributed by atoms with Crippen LogP contribution in [0.5, 0.6) is 0 Å².